The summed E-state index contributed by atoms with van der Waals surface area (Å²) in [5.41, 5.74) is 0.834. The van der Waals surface area contributed by atoms with Gasteiger partial charge in [-0.05, 0) is 32.0 Å². The SMILES string of the molecule is CCOC(=O)c1ccc(C(=O)N2CCOCC2)cc1OCC. The summed E-state index contributed by atoms with van der Waals surface area (Å²) in [6, 6.07) is 4.82. The van der Waals surface area contributed by atoms with Crippen LogP contribution in [0, 0.1) is 0 Å². The van der Waals surface area contributed by atoms with E-state index in [1.54, 1.807) is 30.0 Å². The highest BCUT2D eigenvalue weighted by atomic mass is 16.5. The maximum atomic E-state index is 12.5. The Morgan fingerprint density at radius 3 is 2.55 bits per heavy atom. The second kappa shape index (κ2) is 7.79. The summed E-state index contributed by atoms with van der Waals surface area (Å²) in [4.78, 5) is 26.1. The molecule has 0 N–H and O–H groups in total. The summed E-state index contributed by atoms with van der Waals surface area (Å²) >= 11 is 0. The monoisotopic (exact) mass is 307 g/mol. The van der Waals surface area contributed by atoms with Gasteiger partial charge in [0.25, 0.3) is 5.91 Å². The Bertz CT molecular complexity index is 537. The Hall–Kier alpha value is -2.08. The molecule has 1 aliphatic heterocycles. The van der Waals surface area contributed by atoms with Crippen LogP contribution in [-0.2, 0) is 9.47 Å². The Labute approximate surface area is 129 Å². The van der Waals surface area contributed by atoms with Crippen molar-refractivity contribution in [1.82, 2.24) is 4.90 Å². The molecule has 0 aromatic heterocycles. The summed E-state index contributed by atoms with van der Waals surface area (Å²) in [6.45, 7) is 6.50. The van der Waals surface area contributed by atoms with Gasteiger partial charge in [0.1, 0.15) is 11.3 Å². The number of nitrogens with zero attached hydrogens (tertiary/aromatic N) is 1. The normalized spacial score (nSPS) is 14.5. The molecular weight excluding hydrogens is 286 g/mol. The Balaban J connectivity index is 2.24. The molecule has 2 rings (SSSR count). The number of hydrogen-bond donors (Lipinski definition) is 0. The standard InChI is InChI=1S/C16H21NO5/c1-3-21-14-11-12(5-6-13(14)16(19)22-4-2)15(18)17-7-9-20-10-8-17/h5-6,11H,3-4,7-10H2,1-2H3. The summed E-state index contributed by atoms with van der Waals surface area (Å²) in [7, 11) is 0. The van der Waals surface area contributed by atoms with E-state index in [2.05, 4.69) is 0 Å². The topological polar surface area (TPSA) is 65.1 Å². The van der Waals surface area contributed by atoms with Gasteiger partial charge < -0.3 is 19.1 Å². The van der Waals surface area contributed by atoms with Crippen molar-refractivity contribution < 1.29 is 23.8 Å². The van der Waals surface area contributed by atoms with Crippen molar-refractivity contribution in [3.63, 3.8) is 0 Å². The molecule has 120 valence electrons. The van der Waals surface area contributed by atoms with Crippen molar-refractivity contribution in [3.05, 3.63) is 29.3 Å². The smallest absolute Gasteiger partial charge is 0.341 e. The molecule has 1 saturated heterocycles. The third-order valence-corrected chi connectivity index (χ3v) is 3.32. The zero-order valence-electron chi connectivity index (χ0n) is 13.0. The molecule has 6 nitrogen and oxygen atoms in total. The van der Waals surface area contributed by atoms with Gasteiger partial charge in [-0.2, -0.15) is 0 Å². The third-order valence-electron chi connectivity index (χ3n) is 3.32. The molecule has 1 fully saturated rings. The zero-order chi connectivity index (χ0) is 15.9. The largest absolute Gasteiger partial charge is 0.493 e. The van der Waals surface area contributed by atoms with Crippen molar-refractivity contribution in [2.75, 3.05) is 39.5 Å². The molecular formula is C16H21NO5. The van der Waals surface area contributed by atoms with Gasteiger partial charge in [-0.1, -0.05) is 0 Å². The number of benzene rings is 1. The number of ether oxygens (including phenoxy) is 3. The van der Waals surface area contributed by atoms with E-state index in [9.17, 15) is 9.59 Å². The van der Waals surface area contributed by atoms with Crippen molar-refractivity contribution in [1.29, 1.82) is 0 Å². The van der Waals surface area contributed by atoms with Crippen LogP contribution < -0.4 is 4.74 Å². The summed E-state index contributed by atoms with van der Waals surface area (Å²) in [5, 5.41) is 0. The van der Waals surface area contributed by atoms with E-state index in [-0.39, 0.29) is 5.91 Å². The van der Waals surface area contributed by atoms with Crippen molar-refractivity contribution >= 4 is 11.9 Å². The molecule has 1 heterocycles. The van der Waals surface area contributed by atoms with Crippen LogP contribution in [-0.4, -0.2) is 56.3 Å². The second-order valence-electron chi connectivity index (χ2n) is 4.77. The van der Waals surface area contributed by atoms with Crippen molar-refractivity contribution in [3.8, 4) is 5.75 Å². The van der Waals surface area contributed by atoms with Crippen LogP contribution in [0.3, 0.4) is 0 Å². The van der Waals surface area contributed by atoms with E-state index >= 15 is 0 Å². The molecule has 1 aromatic carbocycles. The second-order valence-corrected chi connectivity index (χ2v) is 4.77. The molecule has 1 amide bonds. The van der Waals surface area contributed by atoms with E-state index in [0.717, 1.165) is 0 Å². The molecule has 0 spiro atoms. The first-order valence-electron chi connectivity index (χ1n) is 7.48. The number of carbonyl (C=O) groups excluding carboxylic acids is 2. The number of hydrogen-bond acceptors (Lipinski definition) is 5. The summed E-state index contributed by atoms with van der Waals surface area (Å²) in [5.74, 6) is -0.156. The summed E-state index contributed by atoms with van der Waals surface area (Å²) in [6.07, 6.45) is 0. The predicted octanol–water partition coefficient (Wildman–Crippen LogP) is 1.73. The van der Waals surface area contributed by atoms with Crippen LogP contribution in [0.1, 0.15) is 34.6 Å². The quantitative estimate of drug-likeness (QED) is 0.775. The molecule has 1 aliphatic rings. The number of morpholine rings is 1. The van der Waals surface area contributed by atoms with Crippen LogP contribution >= 0.6 is 0 Å². The molecule has 0 aliphatic carbocycles. The molecule has 0 atom stereocenters. The van der Waals surface area contributed by atoms with Crippen LogP contribution in [0.25, 0.3) is 0 Å². The zero-order valence-corrected chi connectivity index (χ0v) is 13.0. The lowest BCUT2D eigenvalue weighted by atomic mass is 10.1. The minimum absolute atomic E-state index is 0.0836. The Morgan fingerprint density at radius 1 is 1.18 bits per heavy atom. The molecule has 0 bridgehead atoms. The van der Waals surface area contributed by atoms with E-state index in [1.807, 2.05) is 6.92 Å². The summed E-state index contributed by atoms with van der Waals surface area (Å²) < 4.78 is 15.7. The highest BCUT2D eigenvalue weighted by molar-refractivity contribution is 5.98. The first kappa shape index (κ1) is 16.3. The van der Waals surface area contributed by atoms with Crippen LogP contribution in [0.5, 0.6) is 5.75 Å². The maximum Gasteiger partial charge on any atom is 0.341 e. The first-order chi connectivity index (χ1) is 10.7. The number of carbonyl (C=O) groups is 2. The lowest BCUT2D eigenvalue weighted by Crippen LogP contribution is -2.40. The van der Waals surface area contributed by atoms with E-state index in [4.69, 9.17) is 14.2 Å². The fourth-order valence-corrected chi connectivity index (χ4v) is 2.26. The minimum atomic E-state index is -0.448. The van der Waals surface area contributed by atoms with Gasteiger partial charge in [-0.15, -0.1) is 0 Å². The van der Waals surface area contributed by atoms with Crippen LogP contribution in [0.4, 0.5) is 0 Å². The highest BCUT2D eigenvalue weighted by Crippen LogP contribution is 2.23. The lowest BCUT2D eigenvalue weighted by Gasteiger charge is -2.27. The number of esters is 1. The van der Waals surface area contributed by atoms with E-state index < -0.39 is 5.97 Å². The molecule has 0 saturated carbocycles. The highest BCUT2D eigenvalue weighted by Gasteiger charge is 2.21. The van der Waals surface area contributed by atoms with E-state index in [0.29, 0.717) is 56.4 Å². The predicted molar refractivity (Wildman–Crippen MR) is 80.3 cm³/mol. The van der Waals surface area contributed by atoms with Crippen LogP contribution in [0.2, 0.25) is 0 Å². The number of amides is 1. The first-order valence-corrected chi connectivity index (χ1v) is 7.48. The van der Waals surface area contributed by atoms with Crippen molar-refractivity contribution in [2.45, 2.75) is 13.8 Å². The van der Waals surface area contributed by atoms with Gasteiger partial charge in [-0.25, -0.2) is 4.79 Å². The average molecular weight is 307 g/mol. The fraction of sp³-hybridized carbons (Fsp3) is 0.500. The van der Waals surface area contributed by atoms with Gasteiger partial charge in [0.2, 0.25) is 0 Å². The van der Waals surface area contributed by atoms with Gasteiger partial charge in [-0.3, -0.25) is 4.79 Å². The molecule has 22 heavy (non-hydrogen) atoms. The molecule has 0 radical (unpaired) electrons. The molecule has 1 aromatic rings. The fourth-order valence-electron chi connectivity index (χ4n) is 2.26. The van der Waals surface area contributed by atoms with Gasteiger partial charge in [0, 0.05) is 18.7 Å². The lowest BCUT2D eigenvalue weighted by molar-refractivity contribution is 0.0302. The van der Waals surface area contributed by atoms with Gasteiger partial charge >= 0.3 is 5.97 Å². The number of rotatable bonds is 5. The van der Waals surface area contributed by atoms with Crippen molar-refractivity contribution in [2.24, 2.45) is 0 Å². The van der Waals surface area contributed by atoms with Crippen LogP contribution in [0.15, 0.2) is 18.2 Å². The molecule has 0 unspecified atom stereocenters. The Morgan fingerprint density at radius 2 is 1.91 bits per heavy atom. The molecule has 6 heteroatoms. The maximum absolute atomic E-state index is 12.5. The average Bonchev–Trinajstić information content (AvgIpc) is 2.55. The van der Waals surface area contributed by atoms with E-state index in [1.165, 1.54) is 0 Å². The van der Waals surface area contributed by atoms with Gasteiger partial charge in [0.05, 0.1) is 26.4 Å². The Kier molecular flexibility index (Phi) is 5.77. The third kappa shape index (κ3) is 3.76. The minimum Gasteiger partial charge on any atom is -0.493 e. The van der Waals surface area contributed by atoms with Gasteiger partial charge in [0.15, 0.2) is 0 Å².